The molecule has 0 unspecified atom stereocenters. The van der Waals surface area contributed by atoms with E-state index < -0.39 is 0 Å². The van der Waals surface area contributed by atoms with Crippen molar-refractivity contribution in [3.63, 3.8) is 0 Å². The van der Waals surface area contributed by atoms with Crippen molar-refractivity contribution in [1.29, 1.82) is 5.26 Å². The minimum Gasteiger partial charge on any atom is -0.328 e. The van der Waals surface area contributed by atoms with Crippen LogP contribution in [-0.2, 0) is 12.1 Å². The first kappa shape index (κ1) is 13.3. The number of rotatable bonds is 4. The molecule has 4 heteroatoms. The van der Waals surface area contributed by atoms with Crippen LogP contribution in [0.4, 0.5) is 0 Å². The molecule has 0 amide bonds. The first-order valence-corrected chi connectivity index (χ1v) is 6.25. The first-order valence-electron chi connectivity index (χ1n) is 6.25. The second-order valence-electron chi connectivity index (χ2n) is 5.09. The van der Waals surface area contributed by atoms with Gasteiger partial charge in [0.05, 0.1) is 35.4 Å². The van der Waals surface area contributed by atoms with Crippen molar-refractivity contribution in [2.24, 2.45) is 0 Å². The van der Waals surface area contributed by atoms with Crippen LogP contribution in [0.15, 0.2) is 36.8 Å². The van der Waals surface area contributed by atoms with Gasteiger partial charge in [0, 0.05) is 6.54 Å². The molecular weight excluding hydrogens is 236 g/mol. The van der Waals surface area contributed by atoms with E-state index in [4.69, 9.17) is 5.26 Å². The molecule has 1 aromatic heterocycles. The Bertz CT molecular complexity index is 587. The highest BCUT2D eigenvalue weighted by molar-refractivity contribution is 5.32. The Morgan fingerprint density at radius 1 is 1.32 bits per heavy atom. The van der Waals surface area contributed by atoms with Crippen molar-refractivity contribution >= 4 is 0 Å². The molecule has 4 nitrogen and oxygen atoms in total. The lowest BCUT2D eigenvalue weighted by Gasteiger charge is -2.25. The number of nitriles is 1. The Hall–Kier alpha value is -2.12. The Morgan fingerprint density at radius 2 is 2.00 bits per heavy atom. The Balaban J connectivity index is 2.24. The van der Waals surface area contributed by atoms with E-state index in [0.717, 1.165) is 17.8 Å². The third-order valence-corrected chi connectivity index (χ3v) is 3.41. The van der Waals surface area contributed by atoms with E-state index in [-0.39, 0.29) is 5.54 Å². The number of nitrogens with one attached hydrogen (secondary N) is 1. The van der Waals surface area contributed by atoms with E-state index in [2.05, 4.69) is 34.8 Å². The highest BCUT2D eigenvalue weighted by atomic mass is 15.1. The van der Waals surface area contributed by atoms with Gasteiger partial charge in [0.1, 0.15) is 0 Å². The van der Waals surface area contributed by atoms with Gasteiger partial charge in [0.25, 0.3) is 0 Å². The summed E-state index contributed by atoms with van der Waals surface area (Å²) in [6.07, 6.45) is 3.73. The third-order valence-electron chi connectivity index (χ3n) is 3.41. The summed E-state index contributed by atoms with van der Waals surface area (Å²) in [6, 6.07) is 9.78. The van der Waals surface area contributed by atoms with E-state index >= 15 is 0 Å². The maximum Gasteiger partial charge on any atom is 0.0991 e. The Labute approximate surface area is 113 Å². The molecule has 19 heavy (non-hydrogen) atoms. The summed E-state index contributed by atoms with van der Waals surface area (Å²) in [5.41, 5.74) is 2.86. The van der Waals surface area contributed by atoms with Crippen LogP contribution in [0.2, 0.25) is 0 Å². The van der Waals surface area contributed by atoms with Gasteiger partial charge in [-0.05, 0) is 38.6 Å². The van der Waals surface area contributed by atoms with Gasteiger partial charge in [-0.2, -0.15) is 5.26 Å². The van der Waals surface area contributed by atoms with E-state index in [1.807, 2.05) is 43.8 Å². The van der Waals surface area contributed by atoms with Gasteiger partial charge >= 0.3 is 0 Å². The summed E-state index contributed by atoms with van der Waals surface area (Å²) in [5.74, 6) is 0. The quantitative estimate of drug-likeness (QED) is 0.910. The topological polar surface area (TPSA) is 53.6 Å². The molecule has 1 N–H and O–H groups in total. The fraction of sp³-hybridized carbons (Fsp3) is 0.333. The van der Waals surface area contributed by atoms with Gasteiger partial charge in [-0.25, -0.2) is 4.98 Å². The summed E-state index contributed by atoms with van der Waals surface area (Å²) >= 11 is 0. The zero-order chi connectivity index (χ0) is 13.9. The Kier molecular flexibility index (Phi) is 3.68. The average molecular weight is 254 g/mol. The number of hydrogen-bond donors (Lipinski definition) is 1. The molecule has 2 rings (SSSR count). The normalized spacial score (nSPS) is 11.3. The second kappa shape index (κ2) is 5.25. The molecule has 0 bridgehead atoms. The summed E-state index contributed by atoms with van der Waals surface area (Å²) in [6.45, 7) is 5.00. The van der Waals surface area contributed by atoms with Crippen molar-refractivity contribution in [1.82, 2.24) is 14.9 Å². The molecule has 0 radical (unpaired) electrons. The van der Waals surface area contributed by atoms with Crippen LogP contribution in [0, 0.1) is 11.3 Å². The van der Waals surface area contributed by atoms with Gasteiger partial charge in [-0.1, -0.05) is 12.1 Å². The van der Waals surface area contributed by atoms with E-state index in [1.54, 1.807) is 0 Å². The van der Waals surface area contributed by atoms with E-state index in [1.165, 1.54) is 0 Å². The molecule has 0 saturated carbocycles. The predicted molar refractivity (Wildman–Crippen MR) is 74.6 cm³/mol. The molecule has 0 aliphatic carbocycles. The van der Waals surface area contributed by atoms with Crippen molar-refractivity contribution < 1.29 is 0 Å². The van der Waals surface area contributed by atoms with Crippen molar-refractivity contribution in [3.8, 4) is 6.07 Å². The fourth-order valence-corrected chi connectivity index (χ4v) is 1.98. The molecule has 1 heterocycles. The van der Waals surface area contributed by atoms with Gasteiger partial charge in [-0.3, -0.25) is 0 Å². The number of nitrogens with zero attached hydrogens (tertiary/aromatic N) is 3. The standard InChI is InChI=1S/C15H18N4/c1-15(2,17-3)14-9-18-11-19(14)10-13-6-4-12(8-16)5-7-13/h4-7,9,11,17H,10H2,1-3H3. The molecule has 0 atom stereocenters. The van der Waals surface area contributed by atoms with Crippen molar-refractivity contribution in [3.05, 3.63) is 53.6 Å². The van der Waals surface area contributed by atoms with Crippen LogP contribution in [0.3, 0.4) is 0 Å². The highest BCUT2D eigenvalue weighted by Gasteiger charge is 2.21. The van der Waals surface area contributed by atoms with Crippen molar-refractivity contribution in [2.75, 3.05) is 7.05 Å². The summed E-state index contributed by atoms with van der Waals surface area (Å²) in [5, 5.41) is 12.1. The van der Waals surface area contributed by atoms with Crippen LogP contribution in [0.5, 0.6) is 0 Å². The number of benzene rings is 1. The summed E-state index contributed by atoms with van der Waals surface area (Å²) in [4.78, 5) is 4.24. The van der Waals surface area contributed by atoms with Crippen LogP contribution < -0.4 is 5.32 Å². The highest BCUT2D eigenvalue weighted by Crippen LogP contribution is 2.20. The molecule has 0 aliphatic rings. The second-order valence-corrected chi connectivity index (χ2v) is 5.09. The monoisotopic (exact) mass is 254 g/mol. The maximum absolute atomic E-state index is 8.79. The Morgan fingerprint density at radius 3 is 2.58 bits per heavy atom. The molecule has 0 fully saturated rings. The van der Waals surface area contributed by atoms with Crippen LogP contribution in [-0.4, -0.2) is 16.6 Å². The lowest BCUT2D eigenvalue weighted by atomic mass is 10.0. The lowest BCUT2D eigenvalue weighted by Crippen LogP contribution is -2.35. The zero-order valence-corrected chi connectivity index (χ0v) is 11.5. The smallest absolute Gasteiger partial charge is 0.0991 e. The number of imidazole rings is 1. The third kappa shape index (κ3) is 2.83. The summed E-state index contributed by atoms with van der Waals surface area (Å²) in [7, 11) is 1.94. The zero-order valence-electron chi connectivity index (χ0n) is 11.5. The molecular formula is C15H18N4. The largest absolute Gasteiger partial charge is 0.328 e. The van der Waals surface area contributed by atoms with Gasteiger partial charge < -0.3 is 9.88 Å². The molecule has 1 aromatic carbocycles. The van der Waals surface area contributed by atoms with Gasteiger partial charge in [0.15, 0.2) is 0 Å². The van der Waals surface area contributed by atoms with Crippen LogP contribution in [0.25, 0.3) is 0 Å². The maximum atomic E-state index is 8.79. The summed E-state index contributed by atoms with van der Waals surface area (Å²) < 4.78 is 2.12. The fourth-order valence-electron chi connectivity index (χ4n) is 1.98. The van der Waals surface area contributed by atoms with Crippen LogP contribution in [0.1, 0.15) is 30.7 Å². The SMILES string of the molecule is CNC(C)(C)c1cncn1Cc1ccc(C#N)cc1. The molecule has 2 aromatic rings. The van der Waals surface area contributed by atoms with Gasteiger partial charge in [0.2, 0.25) is 0 Å². The lowest BCUT2D eigenvalue weighted by molar-refractivity contribution is 0.413. The van der Waals surface area contributed by atoms with Crippen LogP contribution >= 0.6 is 0 Å². The van der Waals surface area contributed by atoms with E-state index in [0.29, 0.717) is 5.56 Å². The molecule has 0 spiro atoms. The number of aromatic nitrogens is 2. The molecule has 0 saturated heterocycles. The van der Waals surface area contributed by atoms with E-state index in [9.17, 15) is 0 Å². The molecule has 0 aliphatic heterocycles. The first-order chi connectivity index (χ1) is 9.06. The molecule has 98 valence electrons. The minimum absolute atomic E-state index is 0.122. The predicted octanol–water partition coefficient (Wildman–Crippen LogP) is 2.26. The van der Waals surface area contributed by atoms with Crippen molar-refractivity contribution in [2.45, 2.75) is 25.9 Å². The van der Waals surface area contributed by atoms with Gasteiger partial charge in [-0.15, -0.1) is 0 Å². The minimum atomic E-state index is -0.122. The number of hydrogen-bond acceptors (Lipinski definition) is 3. The average Bonchev–Trinajstić information content (AvgIpc) is 2.88.